The zero-order valence-electron chi connectivity index (χ0n) is 25.7. The molecule has 0 saturated heterocycles. The van der Waals surface area contributed by atoms with Gasteiger partial charge in [-0.05, 0) is 35.7 Å². The summed E-state index contributed by atoms with van der Waals surface area (Å²) in [5.41, 5.74) is -1.40. The van der Waals surface area contributed by atoms with E-state index in [4.69, 9.17) is 5.73 Å². The lowest BCUT2D eigenvalue weighted by molar-refractivity contribution is -0.385. The number of nitrogens with zero attached hydrogens (tertiary/aromatic N) is 5. The summed E-state index contributed by atoms with van der Waals surface area (Å²) < 4.78 is 203. The summed E-state index contributed by atoms with van der Waals surface area (Å²) in [6, 6.07) is 2.01. The molecule has 0 saturated carbocycles. The molecule has 0 amide bonds. The molecule has 4 rings (SSSR count). The van der Waals surface area contributed by atoms with E-state index >= 15 is 0 Å². The van der Waals surface area contributed by atoms with Crippen molar-refractivity contribution in [2.45, 2.75) is 29.4 Å². The van der Waals surface area contributed by atoms with Crippen molar-refractivity contribution in [1.29, 1.82) is 0 Å². The van der Waals surface area contributed by atoms with Gasteiger partial charge in [0.25, 0.3) is 66.4 Å². The highest BCUT2D eigenvalue weighted by Crippen LogP contribution is 2.49. The summed E-state index contributed by atoms with van der Waals surface area (Å²) in [6.45, 7) is 0. The van der Waals surface area contributed by atoms with Crippen molar-refractivity contribution in [2.24, 2.45) is 20.5 Å². The first kappa shape index (κ1) is 42.5. The van der Waals surface area contributed by atoms with Crippen molar-refractivity contribution in [2.75, 3.05) is 5.73 Å². The van der Waals surface area contributed by atoms with Gasteiger partial charge in [-0.25, -0.2) is 0 Å². The van der Waals surface area contributed by atoms with Gasteiger partial charge in [0.1, 0.15) is 47.2 Å². The summed E-state index contributed by atoms with van der Waals surface area (Å²) >= 11 is 0. The van der Waals surface area contributed by atoms with Gasteiger partial charge in [-0.1, -0.05) is 0 Å². The van der Waals surface area contributed by atoms with E-state index in [0.29, 0.717) is 24.3 Å². The Morgan fingerprint density at radius 1 is 0.527 bits per heavy atom. The minimum atomic E-state index is -5.81. The van der Waals surface area contributed by atoms with Gasteiger partial charge in [0.05, 0.1) is 20.9 Å². The predicted octanol–water partition coefficient (Wildman–Crippen LogP) is 2.35. The van der Waals surface area contributed by atoms with Crippen LogP contribution in [-0.2, 0) is 60.7 Å². The third kappa shape index (κ3) is 8.87. The topological polar surface area (TPSA) is 465 Å². The van der Waals surface area contributed by atoms with Gasteiger partial charge >= 0.3 is 0 Å². The second-order valence-corrected chi connectivity index (χ2v) is 18.6. The summed E-state index contributed by atoms with van der Waals surface area (Å²) in [5, 5.41) is 33.6. The van der Waals surface area contributed by atoms with Crippen molar-refractivity contribution < 1.29 is 87.9 Å². The second kappa shape index (κ2) is 13.8. The predicted molar refractivity (Wildman–Crippen MR) is 177 cm³/mol. The number of anilines is 1. The molecule has 4 aromatic carbocycles. The number of phenolic OH excluding ortho intramolecular Hbond substituents is 1. The van der Waals surface area contributed by atoms with Crippen LogP contribution in [0.4, 0.5) is 34.1 Å². The third-order valence-electron chi connectivity index (χ3n) is 6.68. The van der Waals surface area contributed by atoms with Crippen LogP contribution >= 0.6 is 0 Å². The van der Waals surface area contributed by atoms with Gasteiger partial charge in [-0.15, -0.1) is 20.5 Å². The van der Waals surface area contributed by atoms with Crippen molar-refractivity contribution in [3.05, 3.63) is 52.6 Å². The number of fused-ring (bicyclic) bond motifs is 1. The Kier molecular flexibility index (Phi) is 10.7. The highest BCUT2D eigenvalue weighted by atomic mass is 32.2. The molecule has 0 heterocycles. The molecule has 27 nitrogen and oxygen atoms in total. The highest BCUT2D eigenvalue weighted by Gasteiger charge is 2.32. The van der Waals surface area contributed by atoms with E-state index in [1.165, 1.54) is 0 Å². The zero-order valence-corrected chi connectivity index (χ0v) is 30.5. The van der Waals surface area contributed by atoms with Crippen LogP contribution in [0.2, 0.25) is 0 Å². The van der Waals surface area contributed by atoms with Crippen LogP contribution in [0.15, 0.2) is 92.3 Å². The molecule has 0 fully saturated rings. The van der Waals surface area contributed by atoms with Crippen LogP contribution in [0, 0.1) is 10.1 Å². The number of nitro benzene ring substituents is 1. The molecule has 0 aliphatic heterocycles. The Morgan fingerprint density at radius 3 is 1.35 bits per heavy atom. The van der Waals surface area contributed by atoms with Crippen molar-refractivity contribution >= 4 is 106 Å². The average molecular weight is 893 g/mol. The number of azo groups is 2. The van der Waals surface area contributed by atoms with E-state index < -0.39 is 146 Å². The quantitative estimate of drug-likeness (QED) is 0.0352. The maximum atomic E-state index is 12.4. The molecule has 0 unspecified atom stereocenters. The lowest BCUT2D eigenvalue weighted by Crippen LogP contribution is -2.08. The van der Waals surface area contributed by atoms with Gasteiger partial charge < -0.3 is 10.8 Å². The number of nitrogen functional groups attached to an aromatic ring is 1. The molecule has 9 N–H and O–H groups in total. The number of phenols is 1. The van der Waals surface area contributed by atoms with E-state index in [1.807, 2.05) is 0 Å². The minimum Gasteiger partial charge on any atom is -0.505 e. The molecular weight excluding hydrogens is 877 g/mol. The van der Waals surface area contributed by atoms with Crippen LogP contribution in [0.5, 0.6) is 5.75 Å². The van der Waals surface area contributed by atoms with Gasteiger partial charge in [-0.3, -0.25) is 37.4 Å². The number of nitro groups is 1. The fourth-order valence-electron chi connectivity index (χ4n) is 4.41. The zero-order chi connectivity index (χ0) is 42.0. The normalized spacial score (nSPS) is 13.6. The largest absolute Gasteiger partial charge is 0.505 e. The molecule has 0 bridgehead atoms. The summed E-state index contributed by atoms with van der Waals surface area (Å²) in [7, 11) is -33.7. The Balaban J connectivity index is 2.16. The van der Waals surface area contributed by atoms with Gasteiger partial charge in [0.2, 0.25) is 0 Å². The van der Waals surface area contributed by atoms with Crippen LogP contribution in [0.25, 0.3) is 10.8 Å². The molecule has 4 aromatic rings. The molecule has 0 aliphatic carbocycles. The summed E-state index contributed by atoms with van der Waals surface area (Å²) in [5.74, 6) is -1.59. The van der Waals surface area contributed by atoms with E-state index in [2.05, 4.69) is 20.5 Å². The van der Waals surface area contributed by atoms with Gasteiger partial charge in [-0.2, -0.15) is 50.5 Å². The Morgan fingerprint density at radius 2 is 0.927 bits per heavy atom. The maximum absolute atomic E-state index is 12.4. The summed E-state index contributed by atoms with van der Waals surface area (Å²) in [6.07, 6.45) is 0. The first-order chi connectivity index (χ1) is 24.7. The fraction of sp³-hybridized carbons (Fsp3) is 0. The van der Waals surface area contributed by atoms with Crippen LogP contribution in [0.3, 0.4) is 0 Å². The molecular formula is C22H16N6O21S6. The molecule has 0 radical (unpaired) electrons. The first-order valence-electron chi connectivity index (χ1n) is 13.0. The number of hydrogen-bond acceptors (Lipinski definition) is 20. The Labute approximate surface area is 306 Å². The Hall–Kier alpha value is -5.20. The van der Waals surface area contributed by atoms with Gasteiger partial charge in [0.15, 0.2) is 5.75 Å². The van der Waals surface area contributed by atoms with E-state index in [9.17, 15) is 93.0 Å². The maximum Gasteiger partial charge on any atom is 0.297 e. The lowest BCUT2D eigenvalue weighted by atomic mass is 10.1. The molecule has 33 heteroatoms. The van der Waals surface area contributed by atoms with Crippen molar-refractivity contribution in [1.82, 2.24) is 0 Å². The monoisotopic (exact) mass is 892 g/mol. The van der Waals surface area contributed by atoms with Gasteiger partial charge in [0, 0.05) is 12.1 Å². The smallest absolute Gasteiger partial charge is 0.297 e. The van der Waals surface area contributed by atoms with Crippen LogP contribution in [0.1, 0.15) is 0 Å². The van der Waals surface area contributed by atoms with E-state index in [0.717, 1.165) is 0 Å². The number of hydrogen-bond donors (Lipinski definition) is 8. The molecule has 0 aliphatic rings. The standard InChI is InChI=1S/C22H16N6O21S6/c23-18-17-8(3-13(52(38,39)40)20(18)26-24-11-2-1-9(28(30)31)5-12(11)51(35,36)37)4-14(53(41,42)43)21(22(17)29)27-25-19-15(54(44,45)46)6-10(50(32,33)34)7-16(19)55(47,48)49/h1-7,29H,23H2,(H,32,33,34)(H,35,36,37)(H,38,39,40)(H,41,42,43)(H,44,45,46)(H,47,48,49). The number of non-ortho nitro benzene ring substituents is 1. The second-order valence-electron chi connectivity index (χ2n) is 10.2. The van der Waals surface area contributed by atoms with Crippen LogP contribution in [-0.4, -0.2) is 87.9 Å². The number of nitrogens with two attached hydrogens (primary N) is 1. The molecule has 55 heavy (non-hydrogen) atoms. The molecule has 296 valence electrons. The SMILES string of the molecule is Nc1c(N=Nc2ccc([N+](=O)[O-])cc2S(=O)(=O)O)c(S(=O)(=O)O)cc2cc(S(=O)(=O)O)c(N=Nc3c(S(=O)(=O)O)cc(S(=O)(=O)O)cc3S(=O)(=O)O)c(O)c12. The lowest BCUT2D eigenvalue weighted by Gasteiger charge is -2.14. The molecule has 0 atom stereocenters. The van der Waals surface area contributed by atoms with Crippen molar-refractivity contribution in [3.63, 3.8) is 0 Å². The minimum absolute atomic E-state index is 0.0951. The highest BCUT2D eigenvalue weighted by molar-refractivity contribution is 7.88. The van der Waals surface area contributed by atoms with E-state index in [-0.39, 0.29) is 18.2 Å². The fourth-order valence-corrected chi connectivity index (χ4v) is 8.47. The first-order valence-corrected chi connectivity index (χ1v) is 21.7. The molecule has 0 aromatic heterocycles. The van der Waals surface area contributed by atoms with Crippen LogP contribution < -0.4 is 5.73 Å². The number of benzene rings is 4. The third-order valence-corrected chi connectivity index (χ3v) is 11.9. The van der Waals surface area contributed by atoms with Crippen molar-refractivity contribution in [3.8, 4) is 5.75 Å². The molecule has 0 spiro atoms. The van der Waals surface area contributed by atoms with E-state index in [1.54, 1.807) is 0 Å². The average Bonchev–Trinajstić information content (AvgIpc) is 3.00. The summed E-state index contributed by atoms with van der Waals surface area (Å²) in [4.78, 5) is 0.587. The number of rotatable bonds is 11. The number of aromatic hydroxyl groups is 1. The Bertz CT molecular complexity index is 3080.